The number of hydrogen-bond acceptors (Lipinski definition) is 3. The molecule has 2 rings (SSSR count). The molecule has 0 aliphatic rings. The van der Waals surface area contributed by atoms with E-state index in [2.05, 4.69) is 0 Å². The van der Waals surface area contributed by atoms with Gasteiger partial charge in [-0.25, -0.2) is 0 Å². The van der Waals surface area contributed by atoms with Crippen LogP contribution in [0.3, 0.4) is 0 Å². The molecule has 0 fully saturated rings. The van der Waals surface area contributed by atoms with E-state index in [1.54, 1.807) is 6.07 Å². The summed E-state index contributed by atoms with van der Waals surface area (Å²) < 4.78 is 50.2. The van der Waals surface area contributed by atoms with E-state index in [1.807, 2.05) is 0 Å². The summed E-state index contributed by atoms with van der Waals surface area (Å²) in [5.74, 6) is 0. The zero-order valence-corrected chi connectivity index (χ0v) is 15.9. The van der Waals surface area contributed by atoms with Gasteiger partial charge in [0.2, 0.25) is 0 Å². The van der Waals surface area contributed by atoms with Crippen LogP contribution in [0, 0.1) is 11.3 Å². The molecule has 1 heterocycles. The molecule has 0 radical (unpaired) electrons. The zero-order chi connectivity index (χ0) is 19.9. The molecule has 0 unspecified atom stereocenters. The molecular formula is C14H4Cl4F4N2OS. The molecule has 0 bridgehead atoms. The SMILES string of the molecule is N#Cc1c(SC(F)(Cl)Cl)cn(-c2c(Cl)cc(C(F)(F)F)cc2Cl)c1C=O. The van der Waals surface area contributed by atoms with E-state index in [0.717, 1.165) is 10.8 Å². The van der Waals surface area contributed by atoms with Gasteiger partial charge in [0.1, 0.15) is 11.8 Å². The Balaban J connectivity index is 2.74. The summed E-state index contributed by atoms with van der Waals surface area (Å²) in [7, 11) is 0. The number of carbonyl (C=O) groups is 1. The first kappa shape index (κ1) is 21.2. The lowest BCUT2D eigenvalue weighted by molar-refractivity contribution is -0.137. The molecule has 1 aromatic carbocycles. The molecule has 0 N–H and O–H groups in total. The van der Waals surface area contributed by atoms with Crippen molar-refractivity contribution in [3.05, 3.63) is 45.2 Å². The van der Waals surface area contributed by atoms with E-state index in [0.29, 0.717) is 12.1 Å². The number of halogens is 8. The molecule has 0 amide bonds. The van der Waals surface area contributed by atoms with Crippen LogP contribution in [0.4, 0.5) is 17.6 Å². The van der Waals surface area contributed by atoms with E-state index in [4.69, 9.17) is 46.4 Å². The molecule has 26 heavy (non-hydrogen) atoms. The molecular weight excluding hydrogens is 462 g/mol. The van der Waals surface area contributed by atoms with Crippen molar-refractivity contribution in [2.24, 2.45) is 0 Å². The summed E-state index contributed by atoms with van der Waals surface area (Å²) in [5.41, 5.74) is -1.90. The van der Waals surface area contributed by atoms with Gasteiger partial charge in [0.25, 0.3) is 0 Å². The second-order valence-corrected chi connectivity index (χ2v) is 8.39. The van der Waals surface area contributed by atoms with Crippen molar-refractivity contribution in [2.75, 3.05) is 0 Å². The Morgan fingerprint density at radius 1 is 1.15 bits per heavy atom. The maximum atomic E-state index is 13.5. The summed E-state index contributed by atoms with van der Waals surface area (Å²) in [4.78, 5) is 11.3. The van der Waals surface area contributed by atoms with Gasteiger partial charge in [-0.1, -0.05) is 46.4 Å². The highest BCUT2D eigenvalue weighted by molar-refractivity contribution is 8.03. The highest BCUT2D eigenvalue weighted by atomic mass is 35.5. The molecule has 0 saturated carbocycles. The number of rotatable bonds is 4. The van der Waals surface area contributed by atoms with Crippen LogP contribution in [0.25, 0.3) is 5.69 Å². The summed E-state index contributed by atoms with van der Waals surface area (Å²) in [5, 5.41) is 8.34. The molecule has 0 aliphatic heterocycles. The van der Waals surface area contributed by atoms with Gasteiger partial charge in [-0.2, -0.15) is 22.8 Å². The Morgan fingerprint density at radius 3 is 2.08 bits per heavy atom. The number of thioether (sulfide) groups is 1. The maximum Gasteiger partial charge on any atom is 0.416 e. The average Bonchev–Trinajstić information content (AvgIpc) is 2.80. The first-order valence-electron chi connectivity index (χ1n) is 6.32. The van der Waals surface area contributed by atoms with Gasteiger partial charge in [-0.3, -0.25) is 4.79 Å². The fourth-order valence-electron chi connectivity index (χ4n) is 2.07. The Hall–Kier alpha value is -1.11. The highest BCUT2D eigenvalue weighted by Gasteiger charge is 2.33. The maximum absolute atomic E-state index is 13.5. The van der Waals surface area contributed by atoms with Crippen molar-refractivity contribution in [3.63, 3.8) is 0 Å². The predicted octanol–water partition coefficient (Wildman–Crippen LogP) is 6.64. The number of nitriles is 1. The van der Waals surface area contributed by atoms with E-state index in [9.17, 15) is 27.6 Å². The van der Waals surface area contributed by atoms with Gasteiger partial charge in [0.05, 0.1) is 26.9 Å². The first-order chi connectivity index (χ1) is 11.9. The minimum Gasteiger partial charge on any atom is -0.309 e. The number of carbonyl (C=O) groups excluding carboxylic acids is 1. The number of hydrogen-bond donors (Lipinski definition) is 0. The van der Waals surface area contributed by atoms with Crippen molar-refractivity contribution in [1.29, 1.82) is 5.26 Å². The third-order valence-corrected chi connectivity index (χ3v) is 4.84. The van der Waals surface area contributed by atoms with Crippen LogP contribution in [0.15, 0.2) is 23.2 Å². The molecule has 1 aromatic heterocycles. The lowest BCUT2D eigenvalue weighted by atomic mass is 10.2. The first-order valence-corrected chi connectivity index (χ1v) is 8.65. The van der Waals surface area contributed by atoms with Crippen molar-refractivity contribution >= 4 is 64.5 Å². The Morgan fingerprint density at radius 2 is 1.69 bits per heavy atom. The van der Waals surface area contributed by atoms with Crippen LogP contribution in [0.5, 0.6) is 0 Å². The minimum atomic E-state index is -4.69. The third kappa shape index (κ3) is 4.41. The predicted molar refractivity (Wildman–Crippen MR) is 92.3 cm³/mol. The summed E-state index contributed by atoms with van der Waals surface area (Å²) in [6.45, 7) is 0. The lowest BCUT2D eigenvalue weighted by Gasteiger charge is -2.14. The van der Waals surface area contributed by atoms with Gasteiger partial charge in [-0.05, 0) is 23.9 Å². The number of nitrogens with zero attached hydrogens (tertiary/aromatic N) is 2. The van der Waals surface area contributed by atoms with Crippen LogP contribution < -0.4 is 0 Å². The molecule has 3 nitrogen and oxygen atoms in total. The van der Waals surface area contributed by atoms with Gasteiger partial charge in [0, 0.05) is 11.1 Å². The summed E-state index contributed by atoms with van der Waals surface area (Å²) >= 11 is 22.5. The lowest BCUT2D eigenvalue weighted by Crippen LogP contribution is -2.07. The van der Waals surface area contributed by atoms with Crippen molar-refractivity contribution in [3.8, 4) is 11.8 Å². The minimum absolute atomic E-state index is 0.130. The van der Waals surface area contributed by atoms with E-state index < -0.39 is 25.7 Å². The van der Waals surface area contributed by atoms with Crippen LogP contribution in [-0.2, 0) is 6.18 Å². The van der Waals surface area contributed by atoms with Gasteiger partial charge in [-0.15, -0.1) is 0 Å². The van der Waals surface area contributed by atoms with E-state index in [-0.39, 0.29) is 39.9 Å². The molecule has 12 heteroatoms. The van der Waals surface area contributed by atoms with Crippen molar-refractivity contribution in [1.82, 2.24) is 4.57 Å². The average molecular weight is 466 g/mol. The molecule has 0 saturated heterocycles. The highest BCUT2D eigenvalue weighted by Crippen LogP contribution is 2.45. The molecule has 138 valence electrons. The van der Waals surface area contributed by atoms with Crippen molar-refractivity contribution < 1.29 is 22.4 Å². The molecule has 0 spiro atoms. The third-order valence-electron chi connectivity index (χ3n) is 3.04. The largest absolute Gasteiger partial charge is 0.416 e. The fourth-order valence-corrected chi connectivity index (χ4v) is 3.90. The monoisotopic (exact) mass is 464 g/mol. The molecule has 2 aromatic rings. The zero-order valence-electron chi connectivity index (χ0n) is 12.0. The van der Waals surface area contributed by atoms with Crippen LogP contribution in [0.1, 0.15) is 21.6 Å². The Kier molecular flexibility index (Phi) is 6.10. The summed E-state index contributed by atoms with van der Waals surface area (Å²) in [6.07, 6.45) is -3.37. The standard InChI is InChI=1S/C14H4Cl4F4N2OS/c15-8-1-6(13(19,20)21)2-9(16)12(8)24-4-11(26-14(17,18)22)7(3-23)10(24)5-25/h1-2,4-5H. The topological polar surface area (TPSA) is 45.8 Å². The van der Waals surface area contributed by atoms with Crippen LogP contribution >= 0.6 is 58.2 Å². The second kappa shape index (κ2) is 7.49. The van der Waals surface area contributed by atoms with E-state index in [1.165, 1.54) is 0 Å². The molecule has 0 aliphatic carbocycles. The number of aromatic nitrogens is 1. The Bertz CT molecular complexity index is 892. The molecule has 0 atom stereocenters. The van der Waals surface area contributed by atoms with E-state index >= 15 is 0 Å². The van der Waals surface area contributed by atoms with Crippen molar-refractivity contribution in [2.45, 2.75) is 15.0 Å². The Labute approximate surface area is 168 Å². The second-order valence-electron chi connectivity index (χ2n) is 4.69. The normalized spacial score (nSPS) is 12.1. The quantitative estimate of drug-likeness (QED) is 0.220. The van der Waals surface area contributed by atoms with Gasteiger partial charge >= 0.3 is 10.1 Å². The number of alkyl halides is 6. The smallest absolute Gasteiger partial charge is 0.309 e. The van der Waals surface area contributed by atoms with Gasteiger partial charge in [0.15, 0.2) is 6.29 Å². The fraction of sp³-hybridized carbons (Fsp3) is 0.143. The van der Waals surface area contributed by atoms with Crippen LogP contribution in [-0.4, -0.2) is 14.8 Å². The van der Waals surface area contributed by atoms with Gasteiger partial charge < -0.3 is 4.57 Å². The summed E-state index contributed by atoms with van der Waals surface area (Å²) in [6, 6.07) is 2.90. The number of aldehydes is 1. The number of benzene rings is 1. The van der Waals surface area contributed by atoms with Crippen LogP contribution in [0.2, 0.25) is 10.0 Å².